The molecule has 3 saturated heterocycles. The fraction of sp³-hybridized carbons (Fsp3) is 0.486. The number of likely N-dealkylation sites (tertiary alicyclic amines) is 1. The van der Waals surface area contributed by atoms with Crippen LogP contribution in [0.2, 0.25) is 0 Å². The second-order valence-electron chi connectivity index (χ2n) is 13.7. The topological polar surface area (TPSA) is 144 Å². The fourth-order valence-corrected chi connectivity index (χ4v) is 8.29. The lowest BCUT2D eigenvalue weighted by Crippen LogP contribution is -2.34. The zero-order valence-corrected chi connectivity index (χ0v) is 30.4. The molecule has 3 aliphatic heterocycles. The molecule has 2 aromatic carbocycles. The van der Waals surface area contributed by atoms with Crippen LogP contribution < -0.4 is 15.8 Å². The van der Waals surface area contributed by atoms with Crippen LogP contribution >= 0.6 is 11.3 Å². The van der Waals surface area contributed by atoms with Gasteiger partial charge in [0.15, 0.2) is 5.82 Å². The molecule has 1 amide bonds. The van der Waals surface area contributed by atoms with Gasteiger partial charge in [-0.2, -0.15) is 33.7 Å². The van der Waals surface area contributed by atoms with Crippen molar-refractivity contribution in [2.24, 2.45) is 5.41 Å². The van der Waals surface area contributed by atoms with E-state index in [0.717, 1.165) is 69.9 Å². The summed E-state index contributed by atoms with van der Waals surface area (Å²) in [6.07, 6.45) is 1.58. The van der Waals surface area contributed by atoms with Crippen LogP contribution in [-0.2, 0) is 11.0 Å². The third-order valence-corrected chi connectivity index (χ3v) is 11.2. The number of amides is 1. The van der Waals surface area contributed by atoms with Gasteiger partial charge in [0.05, 0.1) is 29.0 Å². The highest BCUT2D eigenvalue weighted by Gasteiger charge is 2.52. The number of methoxy groups -OCH3 is 1. The maximum atomic E-state index is 15.9. The first-order chi connectivity index (χ1) is 25.8. The molecule has 4 aliphatic rings. The van der Waals surface area contributed by atoms with Gasteiger partial charge in [0.1, 0.15) is 39.8 Å². The summed E-state index contributed by atoms with van der Waals surface area (Å²) < 4.78 is 90.2. The molecule has 10 nitrogen and oxygen atoms in total. The predicted octanol–water partition coefficient (Wildman–Crippen LogP) is 7.81. The van der Waals surface area contributed by atoms with Gasteiger partial charge in [-0.25, -0.2) is 13.2 Å². The lowest BCUT2D eigenvalue weighted by molar-refractivity contribution is -0.137. The van der Waals surface area contributed by atoms with Crippen molar-refractivity contribution < 1.29 is 35.9 Å². The number of benzene rings is 2. The molecule has 1 saturated carbocycles. The lowest BCUT2D eigenvalue weighted by Gasteiger charge is -2.18. The average molecular weight is 773 g/mol. The molecule has 4 aromatic rings. The minimum atomic E-state index is -5.00. The first-order valence-electron chi connectivity index (χ1n) is 17.7. The molecule has 3 N–H and O–H groups in total. The van der Waals surface area contributed by atoms with E-state index in [0.29, 0.717) is 23.9 Å². The van der Waals surface area contributed by atoms with E-state index in [4.69, 9.17) is 15.7 Å². The van der Waals surface area contributed by atoms with Gasteiger partial charge < -0.3 is 20.7 Å². The second kappa shape index (κ2) is 15.5. The molecule has 286 valence electrons. The van der Waals surface area contributed by atoms with Crippen molar-refractivity contribution in [2.45, 2.75) is 70.3 Å². The highest BCUT2D eigenvalue weighted by Crippen LogP contribution is 2.48. The van der Waals surface area contributed by atoms with Crippen molar-refractivity contribution in [3.05, 3.63) is 41.0 Å². The quantitative estimate of drug-likeness (QED) is 0.194. The molecule has 0 radical (unpaired) electrons. The van der Waals surface area contributed by atoms with E-state index in [9.17, 15) is 32.0 Å². The second-order valence-corrected chi connectivity index (χ2v) is 14.7. The molecular formula is C37H38F6N8O2S. The zero-order chi connectivity index (χ0) is 38.9. The number of carbonyl (C=O) groups excluding carboxylic acids is 1. The Morgan fingerprint density at radius 3 is 2.46 bits per heavy atom. The van der Waals surface area contributed by atoms with Crippen LogP contribution in [0.4, 0.5) is 37.2 Å². The summed E-state index contributed by atoms with van der Waals surface area (Å²) >= 11 is 0.698. The number of hydrogen-bond acceptors (Lipinski definition) is 10. The van der Waals surface area contributed by atoms with Gasteiger partial charge in [0.2, 0.25) is 5.91 Å². The molecule has 2 aromatic heterocycles. The zero-order valence-electron chi connectivity index (χ0n) is 29.6. The summed E-state index contributed by atoms with van der Waals surface area (Å²) in [5.41, 5.74) is 2.00. The van der Waals surface area contributed by atoms with E-state index in [-0.39, 0.29) is 55.9 Å². The number of rotatable bonds is 5. The van der Waals surface area contributed by atoms with Gasteiger partial charge in [0, 0.05) is 48.6 Å². The SMILES string of the molecule is CCNc1nc(OC)nc2c(F)c(-c3ccc(F)c4sc(N)c(C#N)c34)c(C(F)(F)F)cc12.FC1CC2CCCN2C1.N#CC1(C(=O)N2CCCC2)CC1. The summed E-state index contributed by atoms with van der Waals surface area (Å²) in [6, 6.07) is 6.89. The van der Waals surface area contributed by atoms with Gasteiger partial charge in [-0.1, -0.05) is 6.07 Å². The molecule has 0 spiro atoms. The monoisotopic (exact) mass is 772 g/mol. The van der Waals surface area contributed by atoms with Crippen molar-refractivity contribution in [2.75, 3.05) is 50.9 Å². The van der Waals surface area contributed by atoms with Crippen LogP contribution in [0.1, 0.15) is 63.0 Å². The number of halogens is 6. The third-order valence-electron chi connectivity index (χ3n) is 10.2. The molecule has 54 heavy (non-hydrogen) atoms. The number of nitrogens with two attached hydrogens (primary N) is 1. The number of anilines is 2. The first kappa shape index (κ1) is 38.8. The van der Waals surface area contributed by atoms with Crippen LogP contribution in [0.3, 0.4) is 0 Å². The molecule has 5 heterocycles. The highest BCUT2D eigenvalue weighted by atomic mass is 32.1. The van der Waals surface area contributed by atoms with Crippen LogP contribution in [0.5, 0.6) is 6.01 Å². The number of thiophene rings is 1. The van der Waals surface area contributed by atoms with E-state index in [2.05, 4.69) is 26.3 Å². The minimum absolute atomic E-state index is 0.0444. The highest BCUT2D eigenvalue weighted by molar-refractivity contribution is 7.23. The van der Waals surface area contributed by atoms with Gasteiger partial charge in [-0.3, -0.25) is 9.69 Å². The smallest absolute Gasteiger partial charge is 0.417 e. The van der Waals surface area contributed by atoms with Crippen molar-refractivity contribution >= 4 is 49.1 Å². The number of nitrogen functional groups attached to an aromatic ring is 1. The van der Waals surface area contributed by atoms with Gasteiger partial charge in [0.25, 0.3) is 0 Å². The lowest BCUT2D eigenvalue weighted by atomic mass is 9.92. The Bertz CT molecular complexity index is 2140. The maximum Gasteiger partial charge on any atom is 0.417 e. The van der Waals surface area contributed by atoms with Gasteiger partial charge in [-0.15, -0.1) is 11.3 Å². The van der Waals surface area contributed by atoms with Gasteiger partial charge in [-0.05, 0) is 76.1 Å². The molecule has 4 fully saturated rings. The number of carbonyl (C=O) groups is 1. The predicted molar refractivity (Wildman–Crippen MR) is 192 cm³/mol. The van der Waals surface area contributed by atoms with Crippen molar-refractivity contribution in [1.82, 2.24) is 19.8 Å². The normalized spacial score (nSPS) is 20.0. The van der Waals surface area contributed by atoms with Crippen LogP contribution in [0.25, 0.3) is 32.1 Å². The summed E-state index contributed by atoms with van der Waals surface area (Å²) in [5.74, 6) is -2.07. The number of nitrogens with one attached hydrogen (secondary N) is 1. The number of aromatic nitrogens is 2. The molecule has 8 rings (SSSR count). The number of alkyl halides is 4. The van der Waals surface area contributed by atoms with E-state index >= 15 is 4.39 Å². The summed E-state index contributed by atoms with van der Waals surface area (Å²) in [5, 5.41) is 20.6. The van der Waals surface area contributed by atoms with Crippen LogP contribution in [0.15, 0.2) is 18.2 Å². The van der Waals surface area contributed by atoms with Crippen molar-refractivity contribution in [1.29, 1.82) is 10.5 Å². The molecule has 2 atom stereocenters. The minimum Gasteiger partial charge on any atom is -0.467 e. The van der Waals surface area contributed by atoms with Crippen LogP contribution in [0, 0.1) is 39.7 Å². The molecule has 0 bridgehead atoms. The number of hydrogen-bond donors (Lipinski definition) is 2. The summed E-state index contributed by atoms with van der Waals surface area (Å²) in [4.78, 5) is 23.7. The van der Waals surface area contributed by atoms with Crippen molar-refractivity contribution in [3.63, 3.8) is 0 Å². The Labute approximate surface area is 311 Å². The summed E-state index contributed by atoms with van der Waals surface area (Å²) in [6.45, 7) is 5.56. The Balaban J connectivity index is 0.000000189. The van der Waals surface area contributed by atoms with Gasteiger partial charge >= 0.3 is 12.2 Å². The molecule has 17 heteroatoms. The maximum absolute atomic E-state index is 15.9. The molecule has 1 aliphatic carbocycles. The standard InChI is InChI=1S/C21H14F5N5OS.C9H12N2O.C7H12FN/c1-3-29-19-9-6-11(21(24,25)26)14(15(23)16(9)30-20(31-19)32-2)8-4-5-12(22)17-13(8)10(7-27)18(28)33-17;10-7-9(3-4-9)8(12)11-5-1-2-6-11;8-6-4-7-2-1-3-9(7)5-6/h4-6H,3,28H2,1-2H3,(H,29,30,31);1-6H2;6-7H,1-5H2. The van der Waals surface area contributed by atoms with Crippen LogP contribution in [-0.4, -0.2) is 77.7 Å². The molecular weight excluding hydrogens is 735 g/mol. The van der Waals surface area contributed by atoms with E-state index in [1.165, 1.54) is 20.0 Å². The Kier molecular flexibility index (Phi) is 11.1. The Morgan fingerprint density at radius 1 is 1.15 bits per heavy atom. The number of nitriles is 2. The van der Waals surface area contributed by atoms with E-state index in [1.807, 2.05) is 4.90 Å². The number of ether oxygens (including phenoxy) is 1. The van der Waals surface area contributed by atoms with E-state index < -0.39 is 46.0 Å². The average Bonchev–Trinajstić information content (AvgIpc) is 3.50. The molecule has 2 unspecified atom stereocenters. The summed E-state index contributed by atoms with van der Waals surface area (Å²) in [7, 11) is 1.23. The fourth-order valence-electron chi connectivity index (χ4n) is 7.34. The number of fused-ring (bicyclic) bond motifs is 3. The Hall–Kier alpha value is -4.87. The number of nitrogens with zero attached hydrogens (tertiary/aromatic N) is 6. The van der Waals surface area contributed by atoms with Crippen molar-refractivity contribution in [3.8, 4) is 29.3 Å². The first-order valence-corrected chi connectivity index (χ1v) is 18.5. The third kappa shape index (κ3) is 7.44. The Morgan fingerprint density at radius 2 is 1.87 bits per heavy atom. The largest absolute Gasteiger partial charge is 0.467 e. The van der Waals surface area contributed by atoms with E-state index in [1.54, 1.807) is 13.0 Å².